The molecule has 3 heterocycles. The smallest absolute Gasteiger partial charge is 0.296 e. The first-order chi connectivity index (χ1) is 15.7. The number of aromatic nitrogens is 5. The summed E-state index contributed by atoms with van der Waals surface area (Å²) in [5.74, 6) is -0.397. The van der Waals surface area contributed by atoms with Crippen molar-refractivity contribution in [3.8, 4) is 10.6 Å². The van der Waals surface area contributed by atoms with E-state index in [0.717, 1.165) is 5.56 Å². The molecule has 0 aliphatic rings. The second kappa shape index (κ2) is 9.07. The molecule has 10 heteroatoms. The van der Waals surface area contributed by atoms with Crippen LogP contribution in [0.1, 0.15) is 49.7 Å². The first kappa shape index (κ1) is 22.5. The fraction of sp³-hybridized carbons (Fsp3) is 0.304. The van der Waals surface area contributed by atoms with Gasteiger partial charge in [0.25, 0.3) is 11.5 Å². The van der Waals surface area contributed by atoms with E-state index in [2.05, 4.69) is 25.5 Å². The van der Waals surface area contributed by atoms with Crippen molar-refractivity contribution < 1.29 is 4.79 Å². The van der Waals surface area contributed by atoms with Crippen LogP contribution in [-0.2, 0) is 6.54 Å². The second-order valence-electron chi connectivity index (χ2n) is 8.44. The standard InChI is InChI=1S/C23H24N6O3S/c1-12(2)11-29-18-17(20(31)26-23(29)32)15(10-16(24-18)13(3)4)19(30)25-22-28-27-21(33-22)14-8-6-5-7-9-14/h5-10,12-13H,11H2,1-4H3,(H,25,28,30)(H,26,31,32). The topological polar surface area (TPSA) is 123 Å². The van der Waals surface area contributed by atoms with Crippen LogP contribution in [0.15, 0.2) is 46.0 Å². The maximum atomic E-state index is 13.3. The van der Waals surface area contributed by atoms with Gasteiger partial charge in [0, 0.05) is 17.8 Å². The maximum Gasteiger partial charge on any atom is 0.330 e. The number of pyridine rings is 1. The van der Waals surface area contributed by atoms with E-state index >= 15 is 0 Å². The SMILES string of the molecule is CC(C)Cn1c(=O)[nH]c(=O)c2c(C(=O)Nc3nnc(-c4ccccc4)s3)cc(C(C)C)nc21. The summed E-state index contributed by atoms with van der Waals surface area (Å²) >= 11 is 1.23. The number of rotatable bonds is 6. The summed E-state index contributed by atoms with van der Waals surface area (Å²) in [6.07, 6.45) is 0. The van der Waals surface area contributed by atoms with E-state index in [9.17, 15) is 14.4 Å². The number of carbonyl (C=O) groups is 1. The van der Waals surface area contributed by atoms with Crippen LogP contribution in [0.3, 0.4) is 0 Å². The Hall–Kier alpha value is -3.66. The first-order valence-corrected chi connectivity index (χ1v) is 11.4. The summed E-state index contributed by atoms with van der Waals surface area (Å²) in [7, 11) is 0. The highest BCUT2D eigenvalue weighted by Gasteiger charge is 2.22. The van der Waals surface area contributed by atoms with Crippen molar-refractivity contribution in [1.29, 1.82) is 0 Å². The first-order valence-electron chi connectivity index (χ1n) is 10.6. The number of aromatic amines is 1. The quantitative estimate of drug-likeness (QED) is 0.449. The van der Waals surface area contributed by atoms with E-state index in [1.54, 1.807) is 6.07 Å². The van der Waals surface area contributed by atoms with Gasteiger partial charge in [0.2, 0.25) is 5.13 Å². The average Bonchev–Trinajstić information content (AvgIpc) is 3.24. The highest BCUT2D eigenvalue weighted by Crippen LogP contribution is 2.27. The molecule has 0 saturated carbocycles. The largest absolute Gasteiger partial charge is 0.330 e. The number of benzene rings is 1. The molecule has 0 aliphatic heterocycles. The normalized spacial score (nSPS) is 11.5. The minimum atomic E-state index is -0.648. The van der Waals surface area contributed by atoms with Crippen molar-refractivity contribution in [2.24, 2.45) is 5.92 Å². The van der Waals surface area contributed by atoms with Crippen molar-refractivity contribution in [2.45, 2.75) is 40.2 Å². The van der Waals surface area contributed by atoms with Gasteiger partial charge in [-0.2, -0.15) is 0 Å². The molecule has 9 nitrogen and oxygen atoms in total. The van der Waals surface area contributed by atoms with Gasteiger partial charge in [0.1, 0.15) is 5.01 Å². The summed E-state index contributed by atoms with van der Waals surface area (Å²) in [6, 6.07) is 11.1. The van der Waals surface area contributed by atoms with E-state index in [1.165, 1.54) is 15.9 Å². The molecule has 1 amide bonds. The lowest BCUT2D eigenvalue weighted by Gasteiger charge is -2.15. The molecule has 4 rings (SSSR count). The molecule has 0 atom stereocenters. The molecule has 0 spiro atoms. The van der Waals surface area contributed by atoms with Gasteiger partial charge in [-0.15, -0.1) is 10.2 Å². The van der Waals surface area contributed by atoms with Gasteiger partial charge in [0.15, 0.2) is 5.65 Å². The van der Waals surface area contributed by atoms with Gasteiger partial charge in [0.05, 0.1) is 10.9 Å². The second-order valence-corrected chi connectivity index (χ2v) is 9.42. The molecule has 4 aromatic rings. The van der Waals surface area contributed by atoms with Gasteiger partial charge >= 0.3 is 5.69 Å². The third kappa shape index (κ3) is 4.61. The summed E-state index contributed by atoms with van der Waals surface area (Å²) in [4.78, 5) is 45.5. The van der Waals surface area contributed by atoms with Gasteiger partial charge in [-0.25, -0.2) is 9.78 Å². The van der Waals surface area contributed by atoms with Crippen LogP contribution < -0.4 is 16.6 Å². The van der Waals surface area contributed by atoms with E-state index in [0.29, 0.717) is 22.4 Å². The van der Waals surface area contributed by atoms with Gasteiger partial charge in [-0.3, -0.25) is 24.5 Å². The fourth-order valence-electron chi connectivity index (χ4n) is 3.44. The Morgan fingerprint density at radius 2 is 1.85 bits per heavy atom. The van der Waals surface area contributed by atoms with Crippen molar-refractivity contribution in [2.75, 3.05) is 5.32 Å². The van der Waals surface area contributed by atoms with Crippen molar-refractivity contribution in [3.05, 3.63) is 68.5 Å². The van der Waals surface area contributed by atoms with E-state index in [-0.39, 0.29) is 28.4 Å². The van der Waals surface area contributed by atoms with Crippen LogP contribution in [-0.4, -0.2) is 30.6 Å². The Bertz CT molecular complexity index is 1440. The van der Waals surface area contributed by atoms with Crippen molar-refractivity contribution >= 4 is 33.4 Å². The predicted molar refractivity (Wildman–Crippen MR) is 129 cm³/mol. The number of hydrogen-bond acceptors (Lipinski definition) is 7. The van der Waals surface area contributed by atoms with Gasteiger partial charge in [-0.1, -0.05) is 69.4 Å². The highest BCUT2D eigenvalue weighted by atomic mass is 32.1. The molecule has 0 saturated heterocycles. The Morgan fingerprint density at radius 1 is 1.12 bits per heavy atom. The molecule has 170 valence electrons. The van der Waals surface area contributed by atoms with Crippen LogP contribution in [0.4, 0.5) is 5.13 Å². The van der Waals surface area contributed by atoms with Gasteiger partial charge in [-0.05, 0) is 17.9 Å². The molecule has 0 unspecified atom stereocenters. The molecule has 1 aromatic carbocycles. The average molecular weight is 465 g/mol. The van der Waals surface area contributed by atoms with Crippen LogP contribution in [0.25, 0.3) is 21.6 Å². The predicted octanol–water partition coefficient (Wildman–Crippen LogP) is 3.64. The van der Waals surface area contributed by atoms with Crippen LogP contribution in [0.2, 0.25) is 0 Å². The number of nitrogens with one attached hydrogen (secondary N) is 2. The molecule has 33 heavy (non-hydrogen) atoms. The lowest BCUT2D eigenvalue weighted by atomic mass is 10.0. The molecular weight excluding hydrogens is 440 g/mol. The summed E-state index contributed by atoms with van der Waals surface area (Å²) < 4.78 is 1.42. The number of nitrogens with zero attached hydrogens (tertiary/aromatic N) is 4. The Labute approximate surface area is 193 Å². The molecule has 3 aromatic heterocycles. The Balaban J connectivity index is 1.81. The number of carbonyl (C=O) groups excluding carboxylic acids is 1. The van der Waals surface area contributed by atoms with E-state index < -0.39 is 17.2 Å². The summed E-state index contributed by atoms with van der Waals surface area (Å²) in [5.41, 5.74) is 0.649. The number of anilines is 1. The van der Waals surface area contributed by atoms with Gasteiger partial charge < -0.3 is 0 Å². The zero-order chi connectivity index (χ0) is 23.7. The minimum absolute atomic E-state index is 0.0194. The minimum Gasteiger partial charge on any atom is -0.296 e. The fourth-order valence-corrected chi connectivity index (χ4v) is 4.18. The van der Waals surface area contributed by atoms with Crippen LogP contribution in [0, 0.1) is 5.92 Å². The molecule has 0 radical (unpaired) electrons. The van der Waals surface area contributed by atoms with Crippen LogP contribution >= 0.6 is 11.3 Å². The zero-order valence-corrected chi connectivity index (χ0v) is 19.6. The molecule has 0 bridgehead atoms. The Morgan fingerprint density at radius 3 is 2.52 bits per heavy atom. The summed E-state index contributed by atoms with van der Waals surface area (Å²) in [5, 5.41) is 12.0. The highest BCUT2D eigenvalue weighted by molar-refractivity contribution is 7.18. The molecule has 0 aliphatic carbocycles. The maximum absolute atomic E-state index is 13.3. The third-order valence-electron chi connectivity index (χ3n) is 5.02. The lowest BCUT2D eigenvalue weighted by Crippen LogP contribution is -2.33. The lowest BCUT2D eigenvalue weighted by molar-refractivity contribution is 0.102. The molecule has 2 N–H and O–H groups in total. The monoisotopic (exact) mass is 464 g/mol. The molecular formula is C23H24N6O3S. The molecule has 0 fully saturated rings. The van der Waals surface area contributed by atoms with E-state index in [1.807, 2.05) is 58.0 Å². The number of hydrogen-bond donors (Lipinski definition) is 2. The summed E-state index contributed by atoms with van der Waals surface area (Å²) in [6.45, 7) is 8.15. The van der Waals surface area contributed by atoms with E-state index in [4.69, 9.17) is 0 Å². The number of H-pyrrole nitrogens is 1. The van der Waals surface area contributed by atoms with Crippen LogP contribution in [0.5, 0.6) is 0 Å². The van der Waals surface area contributed by atoms with Crippen molar-refractivity contribution in [1.82, 2.24) is 24.7 Å². The van der Waals surface area contributed by atoms with Crippen molar-refractivity contribution in [3.63, 3.8) is 0 Å². The third-order valence-corrected chi connectivity index (χ3v) is 5.91. The zero-order valence-electron chi connectivity index (χ0n) is 18.7. The number of amides is 1. The Kier molecular flexibility index (Phi) is 6.19. The number of fused-ring (bicyclic) bond motifs is 1.